The van der Waals surface area contributed by atoms with Gasteiger partial charge in [-0.1, -0.05) is 24.8 Å². The number of nitrogen functional groups attached to an aromatic ring is 1. The van der Waals surface area contributed by atoms with Crippen LogP contribution in [0.5, 0.6) is 5.75 Å². The van der Waals surface area contributed by atoms with Gasteiger partial charge in [-0.2, -0.15) is 15.1 Å². The minimum atomic E-state index is -4.30. The van der Waals surface area contributed by atoms with E-state index in [-0.39, 0.29) is 30.0 Å². The summed E-state index contributed by atoms with van der Waals surface area (Å²) in [5.41, 5.74) is 3.91. The molecule has 1 aliphatic carbocycles. The van der Waals surface area contributed by atoms with Gasteiger partial charge >= 0.3 is 13.7 Å². The average molecular weight is 606 g/mol. The fourth-order valence-electron chi connectivity index (χ4n) is 4.47. The van der Waals surface area contributed by atoms with Gasteiger partial charge in [0.25, 0.3) is 0 Å². The average Bonchev–Trinajstić information content (AvgIpc) is 3.62. The highest BCUT2D eigenvalue weighted by Gasteiger charge is 2.57. The third-order valence-corrected chi connectivity index (χ3v) is 8.42. The second kappa shape index (κ2) is 11.9. The Kier molecular flexibility index (Phi) is 8.49. The highest BCUT2D eigenvalue weighted by atomic mass is 31.2. The van der Waals surface area contributed by atoms with E-state index in [0.717, 1.165) is 18.9 Å². The molecule has 226 valence electrons. The number of hydrogen-bond donors (Lipinski definition) is 4. The van der Waals surface area contributed by atoms with Crippen molar-refractivity contribution in [3.63, 3.8) is 0 Å². The molecular formula is C26H33FN7O7P. The molecule has 1 aliphatic heterocycles. The first kappa shape index (κ1) is 29.9. The summed E-state index contributed by atoms with van der Waals surface area (Å²) in [4.78, 5) is 25.0. The zero-order valence-corrected chi connectivity index (χ0v) is 23.9. The van der Waals surface area contributed by atoms with Crippen molar-refractivity contribution >= 4 is 36.6 Å². The molecule has 42 heavy (non-hydrogen) atoms. The minimum absolute atomic E-state index is 0.0605. The summed E-state index contributed by atoms with van der Waals surface area (Å²) in [5, 5.41) is 16.8. The summed E-state index contributed by atoms with van der Waals surface area (Å²) in [6, 6.07) is 7.27. The lowest BCUT2D eigenvalue weighted by Gasteiger charge is -2.26. The van der Waals surface area contributed by atoms with Crippen molar-refractivity contribution < 1.29 is 37.4 Å². The van der Waals surface area contributed by atoms with Gasteiger partial charge in [0.05, 0.1) is 19.5 Å². The standard InChI is InChI=1S/C26H33FN7O7P/c1-4-26(27)20(35)18(13-39-42(37,33-15(3)23(36)38-5-2)41-17-9-7-6-8-10-17)40-24(26)34-14-29-19-21(30-16-11-12-16)31-25(28)32-22(19)34/h4,6-10,14-16,18,20,24,35H,1,5,11-13H2,2-3H3,(H,33,37)(H3,28,30,31,32)/t15-,18+,20+,24+,26+,42?/m0/s1. The number of aliphatic hydroxyl groups excluding tert-OH is 1. The van der Waals surface area contributed by atoms with Crippen LogP contribution in [0.3, 0.4) is 0 Å². The molecule has 2 aliphatic rings. The topological polar surface area (TPSA) is 185 Å². The molecule has 1 saturated carbocycles. The first-order valence-electron chi connectivity index (χ1n) is 13.4. The van der Waals surface area contributed by atoms with Crippen LogP contribution in [0.1, 0.15) is 32.9 Å². The molecule has 5 rings (SSSR count). The Balaban J connectivity index is 1.39. The van der Waals surface area contributed by atoms with E-state index in [0.29, 0.717) is 11.3 Å². The van der Waals surface area contributed by atoms with E-state index in [9.17, 15) is 14.5 Å². The predicted octanol–water partition coefficient (Wildman–Crippen LogP) is 2.88. The third kappa shape index (κ3) is 6.10. The number of rotatable bonds is 13. The highest BCUT2D eigenvalue weighted by Crippen LogP contribution is 2.48. The molecule has 3 heterocycles. The molecule has 1 unspecified atom stereocenters. The predicted molar refractivity (Wildman–Crippen MR) is 150 cm³/mol. The number of ether oxygens (including phenoxy) is 2. The van der Waals surface area contributed by atoms with E-state index >= 15 is 4.39 Å². The van der Waals surface area contributed by atoms with Gasteiger partial charge in [-0.15, -0.1) is 0 Å². The van der Waals surface area contributed by atoms with Gasteiger partial charge in [-0.25, -0.2) is 13.9 Å². The molecule has 0 radical (unpaired) electrons. The number of nitrogens with one attached hydrogen (secondary N) is 2. The molecule has 1 saturated heterocycles. The number of para-hydroxylation sites is 1. The molecule has 2 aromatic heterocycles. The van der Waals surface area contributed by atoms with Crippen LogP contribution in [-0.2, 0) is 23.4 Å². The first-order valence-corrected chi connectivity index (χ1v) is 15.0. The van der Waals surface area contributed by atoms with Crippen LogP contribution in [0.4, 0.5) is 16.2 Å². The quantitative estimate of drug-likeness (QED) is 0.127. The number of nitrogens with zero attached hydrogens (tertiary/aromatic N) is 4. The molecule has 1 aromatic carbocycles. The number of carbonyl (C=O) groups excluding carboxylic acids is 1. The fourth-order valence-corrected chi connectivity index (χ4v) is 5.97. The van der Waals surface area contributed by atoms with Gasteiger partial charge in [-0.3, -0.25) is 13.9 Å². The van der Waals surface area contributed by atoms with Crippen molar-refractivity contribution in [3.8, 4) is 5.75 Å². The van der Waals surface area contributed by atoms with Crippen LogP contribution < -0.4 is 20.7 Å². The van der Waals surface area contributed by atoms with Crippen LogP contribution in [0.25, 0.3) is 11.2 Å². The number of fused-ring (bicyclic) bond motifs is 1. The second-order valence-corrected chi connectivity index (χ2v) is 11.7. The number of aromatic nitrogens is 4. The Bertz CT molecular complexity index is 1490. The molecule has 0 bridgehead atoms. The van der Waals surface area contributed by atoms with Crippen LogP contribution in [0, 0.1) is 0 Å². The van der Waals surface area contributed by atoms with Gasteiger partial charge in [0, 0.05) is 6.04 Å². The number of nitrogens with two attached hydrogens (primary N) is 1. The highest BCUT2D eigenvalue weighted by molar-refractivity contribution is 7.52. The van der Waals surface area contributed by atoms with Crippen molar-refractivity contribution in [1.29, 1.82) is 0 Å². The van der Waals surface area contributed by atoms with Gasteiger partial charge in [0.1, 0.15) is 24.0 Å². The Morgan fingerprint density at radius 3 is 2.79 bits per heavy atom. The lowest BCUT2D eigenvalue weighted by molar-refractivity contribution is -0.144. The summed E-state index contributed by atoms with van der Waals surface area (Å²) in [6.07, 6.45) is -0.487. The summed E-state index contributed by atoms with van der Waals surface area (Å²) in [6.45, 7) is 6.13. The van der Waals surface area contributed by atoms with Crippen molar-refractivity contribution in [2.24, 2.45) is 0 Å². The summed E-state index contributed by atoms with van der Waals surface area (Å²) < 4.78 is 53.6. The molecule has 0 spiro atoms. The zero-order valence-electron chi connectivity index (χ0n) is 23.1. The van der Waals surface area contributed by atoms with Crippen LogP contribution in [0.2, 0.25) is 0 Å². The summed E-state index contributed by atoms with van der Waals surface area (Å²) in [5.74, 6) is -0.164. The number of benzene rings is 1. The maximum Gasteiger partial charge on any atom is 0.459 e. The Morgan fingerprint density at radius 2 is 2.12 bits per heavy atom. The lowest BCUT2D eigenvalue weighted by atomic mass is 9.96. The van der Waals surface area contributed by atoms with Gasteiger partial charge in [0.2, 0.25) is 11.6 Å². The number of esters is 1. The molecule has 5 N–H and O–H groups in total. The monoisotopic (exact) mass is 605 g/mol. The minimum Gasteiger partial charge on any atom is -0.465 e. The number of alkyl halides is 1. The van der Waals surface area contributed by atoms with Crippen LogP contribution >= 0.6 is 7.75 Å². The molecule has 6 atom stereocenters. The Labute approximate surface area is 241 Å². The SMILES string of the molecule is C=C[C@@]1(F)[C@H](O)[C@@H](COP(=O)(N[C@@H](C)C(=O)OCC)Oc2ccccc2)O[C@H]1n1cnc2c(NC3CC3)nc(N)nc21. The van der Waals surface area contributed by atoms with Gasteiger partial charge < -0.3 is 30.2 Å². The first-order chi connectivity index (χ1) is 20.1. The number of imidazole rings is 1. The molecule has 16 heteroatoms. The van der Waals surface area contributed by atoms with E-state index in [1.165, 1.54) is 30.0 Å². The van der Waals surface area contributed by atoms with E-state index in [2.05, 4.69) is 31.9 Å². The normalized spacial score (nSPS) is 26.0. The Morgan fingerprint density at radius 1 is 1.38 bits per heavy atom. The van der Waals surface area contributed by atoms with E-state index in [1.807, 2.05) is 0 Å². The largest absolute Gasteiger partial charge is 0.465 e. The lowest BCUT2D eigenvalue weighted by Crippen LogP contribution is -2.42. The summed E-state index contributed by atoms with van der Waals surface area (Å²) in [7, 11) is -4.30. The van der Waals surface area contributed by atoms with Crippen LogP contribution in [-0.4, -0.2) is 73.8 Å². The number of aliphatic hydroxyl groups is 1. The number of carbonyl (C=O) groups is 1. The fraction of sp³-hybridized carbons (Fsp3) is 0.462. The Hall–Kier alpha value is -3.62. The summed E-state index contributed by atoms with van der Waals surface area (Å²) >= 11 is 0. The maximum atomic E-state index is 16.4. The molecular weight excluding hydrogens is 572 g/mol. The van der Waals surface area contributed by atoms with E-state index in [1.54, 1.807) is 25.1 Å². The molecule has 3 aromatic rings. The molecule has 0 amide bonds. The van der Waals surface area contributed by atoms with Gasteiger partial charge in [0.15, 0.2) is 23.2 Å². The molecule has 2 fully saturated rings. The van der Waals surface area contributed by atoms with Crippen LogP contribution in [0.15, 0.2) is 49.3 Å². The number of anilines is 2. The smallest absolute Gasteiger partial charge is 0.459 e. The maximum absolute atomic E-state index is 16.4. The van der Waals surface area contributed by atoms with Crippen molar-refractivity contribution in [3.05, 3.63) is 49.3 Å². The van der Waals surface area contributed by atoms with Crippen molar-refractivity contribution in [2.75, 3.05) is 24.3 Å². The van der Waals surface area contributed by atoms with Crippen molar-refractivity contribution in [1.82, 2.24) is 24.6 Å². The number of halogens is 1. The van der Waals surface area contributed by atoms with Crippen molar-refractivity contribution in [2.45, 2.75) is 62.9 Å². The zero-order chi connectivity index (χ0) is 30.1. The number of hydrogen-bond acceptors (Lipinski definition) is 12. The molecule has 14 nitrogen and oxygen atoms in total. The van der Waals surface area contributed by atoms with E-state index < -0.39 is 50.5 Å². The second-order valence-electron chi connectivity index (χ2n) is 9.98. The third-order valence-electron chi connectivity index (χ3n) is 6.78. The van der Waals surface area contributed by atoms with Gasteiger partial charge in [-0.05, 0) is 44.9 Å². The van der Waals surface area contributed by atoms with E-state index in [4.69, 9.17) is 24.3 Å².